The summed E-state index contributed by atoms with van der Waals surface area (Å²) >= 11 is 3.37. The van der Waals surface area contributed by atoms with Gasteiger partial charge in [0.1, 0.15) is 47.2 Å². The lowest BCUT2D eigenvalue weighted by molar-refractivity contribution is -0.00164. The zero-order chi connectivity index (χ0) is 20.7. The third kappa shape index (κ3) is 5.38. The van der Waals surface area contributed by atoms with Crippen LogP contribution >= 0.6 is 15.9 Å². The van der Waals surface area contributed by atoms with Crippen molar-refractivity contribution in [3.63, 3.8) is 0 Å². The molecule has 1 atom stereocenters. The van der Waals surface area contributed by atoms with Crippen molar-refractivity contribution in [3.8, 4) is 11.6 Å². The lowest BCUT2D eigenvalue weighted by atomic mass is 9.52. The monoisotopic (exact) mass is 443 g/mol. The molecule has 2 aliphatic heterocycles. The highest BCUT2D eigenvalue weighted by atomic mass is 79.9. The fourth-order valence-corrected chi connectivity index (χ4v) is 3.48. The Hall–Kier alpha value is -1.35. The first kappa shape index (κ1) is 21.4. The average Bonchev–Trinajstić information content (AvgIpc) is 2.71. The molecule has 1 saturated heterocycles. The number of aromatic nitrogens is 1. The van der Waals surface area contributed by atoms with E-state index in [4.69, 9.17) is 37.7 Å². The maximum atomic E-state index is 12.4. The van der Waals surface area contributed by atoms with Crippen LogP contribution in [0.1, 0.15) is 26.5 Å². The van der Waals surface area contributed by atoms with Crippen molar-refractivity contribution in [3.05, 3.63) is 16.2 Å². The standard InChI is InChI=1S/C17H21B3BrN3O4/c1-16(2,3)28-15(25)24-5-4-23-8-12-13(26-9-10(23)7-24)6-11(21)14(22-12)27-17(18,19)20/h6,10H,4-5,7-9H2,1-3H3/t10-/m1/s1. The number of nitrogens with zero attached hydrogens (tertiary/aromatic N) is 3. The first-order chi connectivity index (χ1) is 12.9. The Morgan fingerprint density at radius 2 is 2.04 bits per heavy atom. The highest BCUT2D eigenvalue weighted by Crippen LogP contribution is 2.34. The highest BCUT2D eigenvalue weighted by molar-refractivity contribution is 9.10. The second-order valence-electron chi connectivity index (χ2n) is 8.04. The summed E-state index contributed by atoms with van der Waals surface area (Å²) in [6, 6.07) is 1.78. The fourth-order valence-electron chi connectivity index (χ4n) is 3.10. The number of rotatable bonds is 2. The minimum atomic E-state index is -1.84. The predicted molar refractivity (Wildman–Crippen MR) is 110 cm³/mol. The molecule has 1 fully saturated rings. The Labute approximate surface area is 177 Å². The number of carbonyl (C=O) groups is 1. The molecule has 0 spiro atoms. The van der Waals surface area contributed by atoms with Crippen LogP contribution in [0.2, 0.25) is 0 Å². The zero-order valence-corrected chi connectivity index (χ0v) is 17.9. The van der Waals surface area contributed by atoms with Gasteiger partial charge in [-0.05, 0) is 42.0 Å². The molecular weight excluding hydrogens is 423 g/mol. The van der Waals surface area contributed by atoms with Crippen LogP contribution in [0.25, 0.3) is 0 Å². The van der Waals surface area contributed by atoms with E-state index >= 15 is 0 Å². The molecule has 3 rings (SSSR count). The lowest BCUT2D eigenvalue weighted by Gasteiger charge is -2.40. The molecule has 1 aromatic heterocycles. The number of hydrogen-bond donors (Lipinski definition) is 0. The molecule has 144 valence electrons. The Morgan fingerprint density at radius 1 is 1.32 bits per heavy atom. The Balaban J connectivity index is 1.73. The van der Waals surface area contributed by atoms with Crippen LogP contribution in [0.3, 0.4) is 0 Å². The number of carbonyl (C=O) groups excluding carboxylic acids is 1. The molecule has 2 aliphatic rings. The van der Waals surface area contributed by atoms with Crippen molar-refractivity contribution in [2.24, 2.45) is 0 Å². The number of piperazine rings is 1. The maximum Gasteiger partial charge on any atom is 0.410 e. The van der Waals surface area contributed by atoms with E-state index in [1.807, 2.05) is 20.8 Å². The molecule has 11 heteroatoms. The number of fused-ring (bicyclic) bond motifs is 2. The largest absolute Gasteiger partial charge is 0.500 e. The Kier molecular flexibility index (Phi) is 5.97. The average molecular weight is 444 g/mol. The number of hydrogen-bond acceptors (Lipinski definition) is 6. The van der Waals surface area contributed by atoms with Gasteiger partial charge in [-0.25, -0.2) is 9.78 Å². The Bertz CT molecular complexity index is 754. The van der Waals surface area contributed by atoms with Crippen molar-refractivity contribution in [1.82, 2.24) is 14.8 Å². The van der Waals surface area contributed by atoms with Crippen molar-refractivity contribution in [2.75, 3.05) is 26.2 Å². The topological polar surface area (TPSA) is 64.1 Å². The lowest BCUT2D eigenvalue weighted by Crippen LogP contribution is -2.56. The van der Waals surface area contributed by atoms with E-state index in [0.717, 1.165) is 0 Å². The summed E-state index contributed by atoms with van der Waals surface area (Å²) in [4.78, 5) is 20.8. The van der Waals surface area contributed by atoms with Crippen molar-refractivity contribution in [2.45, 2.75) is 44.3 Å². The molecule has 28 heavy (non-hydrogen) atoms. The third-order valence-corrected chi connectivity index (χ3v) is 4.87. The SMILES string of the molecule is [B]C([B])([B])Oc1nc2c(cc1Br)OC[C@H]1CN(C(=O)OC(C)(C)C)CCN1C2. The van der Waals surface area contributed by atoms with E-state index < -0.39 is 10.9 Å². The van der Waals surface area contributed by atoms with E-state index in [1.165, 1.54) is 0 Å². The molecule has 3 heterocycles. The van der Waals surface area contributed by atoms with Gasteiger partial charge in [0.15, 0.2) is 0 Å². The first-order valence-corrected chi connectivity index (χ1v) is 9.80. The molecule has 0 unspecified atom stereocenters. The molecule has 0 N–H and O–H groups in total. The van der Waals surface area contributed by atoms with Gasteiger partial charge in [0, 0.05) is 32.2 Å². The van der Waals surface area contributed by atoms with E-state index in [0.29, 0.717) is 48.7 Å². The van der Waals surface area contributed by atoms with Crippen molar-refractivity contribution >= 4 is 45.6 Å². The van der Waals surface area contributed by atoms with Crippen LogP contribution < -0.4 is 9.47 Å². The third-order valence-electron chi connectivity index (χ3n) is 4.30. The summed E-state index contributed by atoms with van der Waals surface area (Å²) < 4.78 is 17.3. The summed E-state index contributed by atoms with van der Waals surface area (Å²) in [5.74, 6) is 0.829. The highest BCUT2D eigenvalue weighted by Gasteiger charge is 2.35. The summed E-state index contributed by atoms with van der Waals surface area (Å²) in [5.41, 5.74) is 0.164. The van der Waals surface area contributed by atoms with E-state index in [1.54, 1.807) is 11.0 Å². The number of amides is 1. The van der Waals surface area contributed by atoms with E-state index in [-0.39, 0.29) is 18.0 Å². The Morgan fingerprint density at radius 3 is 2.68 bits per heavy atom. The van der Waals surface area contributed by atoms with Gasteiger partial charge in [0.2, 0.25) is 5.88 Å². The quantitative estimate of drug-likeness (QED) is 0.639. The minimum absolute atomic E-state index is 0.0243. The van der Waals surface area contributed by atoms with Crippen LogP contribution in [-0.2, 0) is 11.3 Å². The summed E-state index contributed by atoms with van der Waals surface area (Å²) in [6.45, 7) is 8.30. The smallest absolute Gasteiger partial charge is 0.410 e. The molecule has 7 nitrogen and oxygen atoms in total. The van der Waals surface area contributed by atoms with Gasteiger partial charge in [-0.2, -0.15) is 0 Å². The predicted octanol–water partition coefficient (Wildman–Crippen LogP) is 1.15. The number of ether oxygens (including phenoxy) is 3. The van der Waals surface area contributed by atoms with E-state index in [9.17, 15) is 4.79 Å². The first-order valence-electron chi connectivity index (χ1n) is 9.01. The van der Waals surface area contributed by atoms with Crippen LogP contribution in [0.15, 0.2) is 10.5 Å². The van der Waals surface area contributed by atoms with Gasteiger partial charge in [0.05, 0.1) is 10.5 Å². The summed E-state index contributed by atoms with van der Waals surface area (Å²) in [5, 5.41) is -1.84. The van der Waals surface area contributed by atoms with Crippen molar-refractivity contribution in [1.29, 1.82) is 0 Å². The number of pyridine rings is 1. The summed E-state index contributed by atoms with van der Waals surface area (Å²) in [7, 11) is 16.6. The zero-order valence-electron chi connectivity index (χ0n) is 16.3. The van der Waals surface area contributed by atoms with Crippen LogP contribution in [0.5, 0.6) is 11.6 Å². The molecule has 0 bridgehead atoms. The molecule has 1 aromatic rings. The second kappa shape index (κ2) is 7.82. The van der Waals surface area contributed by atoms with Gasteiger partial charge >= 0.3 is 6.09 Å². The maximum absolute atomic E-state index is 12.4. The fraction of sp³-hybridized carbons (Fsp3) is 0.647. The number of halogens is 1. The van der Waals surface area contributed by atoms with Crippen molar-refractivity contribution < 1.29 is 19.0 Å². The molecule has 0 saturated carbocycles. The minimum Gasteiger partial charge on any atom is -0.500 e. The molecule has 1 amide bonds. The molecule has 0 aliphatic carbocycles. The van der Waals surface area contributed by atoms with E-state index in [2.05, 4.69) is 25.8 Å². The molecule has 0 aromatic carbocycles. The van der Waals surface area contributed by atoms with Crippen LogP contribution in [0.4, 0.5) is 4.79 Å². The second-order valence-corrected chi connectivity index (χ2v) is 8.89. The van der Waals surface area contributed by atoms with Crippen LogP contribution in [-0.4, -0.2) is 87.6 Å². The molecule has 6 radical (unpaired) electrons. The van der Waals surface area contributed by atoms with Gasteiger partial charge in [-0.15, -0.1) is 0 Å². The van der Waals surface area contributed by atoms with Gasteiger partial charge in [-0.3, -0.25) is 4.90 Å². The summed E-state index contributed by atoms with van der Waals surface area (Å²) in [6.07, 6.45) is -0.310. The van der Waals surface area contributed by atoms with Gasteiger partial charge in [0.25, 0.3) is 0 Å². The van der Waals surface area contributed by atoms with Gasteiger partial charge in [-0.1, -0.05) is 0 Å². The normalized spacial score (nSPS) is 20.4. The molecular formula is C17H21B3BrN3O4. The van der Waals surface area contributed by atoms with Gasteiger partial charge < -0.3 is 19.1 Å². The van der Waals surface area contributed by atoms with Crippen LogP contribution in [0, 0.1) is 0 Å².